The van der Waals surface area contributed by atoms with Gasteiger partial charge in [-0.1, -0.05) is 27.5 Å². The molecule has 4 nitrogen and oxygen atoms in total. The van der Waals surface area contributed by atoms with Crippen LogP contribution in [0.2, 0.25) is 5.02 Å². The van der Waals surface area contributed by atoms with E-state index in [1.54, 1.807) is 30.6 Å². The number of benzene rings is 1. The number of carbonyl (C=O) groups is 1. The van der Waals surface area contributed by atoms with Crippen LogP contribution in [0.15, 0.2) is 47.2 Å². The fourth-order valence-corrected chi connectivity index (χ4v) is 2.48. The number of aromatic nitrogens is 1. The summed E-state index contributed by atoms with van der Waals surface area (Å²) in [6, 6.07) is 8.85. The second-order valence-electron chi connectivity index (χ2n) is 4.43. The molecule has 2 rings (SSSR count). The van der Waals surface area contributed by atoms with Gasteiger partial charge < -0.3 is 10.1 Å². The van der Waals surface area contributed by atoms with Crippen LogP contribution in [0.25, 0.3) is 0 Å². The number of pyridine rings is 1. The molecule has 110 valence electrons. The van der Waals surface area contributed by atoms with Crippen molar-refractivity contribution in [2.75, 3.05) is 6.61 Å². The van der Waals surface area contributed by atoms with E-state index >= 15 is 0 Å². The fraction of sp³-hybridized carbons (Fsp3) is 0.200. The summed E-state index contributed by atoms with van der Waals surface area (Å²) < 4.78 is 6.27. The van der Waals surface area contributed by atoms with Gasteiger partial charge in [-0.15, -0.1) is 0 Å². The van der Waals surface area contributed by atoms with E-state index in [1.807, 2.05) is 19.1 Å². The van der Waals surface area contributed by atoms with Gasteiger partial charge in [0.25, 0.3) is 5.91 Å². The SMILES string of the molecule is C[C@@H](NC(=O)COc1ccc(Br)cc1Cl)c1ccncc1. The third kappa shape index (κ3) is 4.72. The largest absolute Gasteiger partial charge is 0.482 e. The highest BCUT2D eigenvalue weighted by atomic mass is 79.9. The summed E-state index contributed by atoms with van der Waals surface area (Å²) in [5.74, 6) is 0.268. The van der Waals surface area contributed by atoms with Crippen molar-refractivity contribution in [2.45, 2.75) is 13.0 Å². The lowest BCUT2D eigenvalue weighted by Crippen LogP contribution is -2.31. The highest BCUT2D eigenvalue weighted by Gasteiger charge is 2.11. The van der Waals surface area contributed by atoms with Crippen LogP contribution in [0.4, 0.5) is 0 Å². The van der Waals surface area contributed by atoms with Gasteiger partial charge in [0.1, 0.15) is 5.75 Å². The molecule has 0 radical (unpaired) electrons. The average Bonchev–Trinajstić information content (AvgIpc) is 2.47. The van der Waals surface area contributed by atoms with Crippen LogP contribution >= 0.6 is 27.5 Å². The summed E-state index contributed by atoms with van der Waals surface area (Å²) in [6.07, 6.45) is 3.38. The minimum absolute atomic E-state index is 0.0865. The molecule has 1 N–H and O–H groups in total. The van der Waals surface area contributed by atoms with Gasteiger partial charge in [0.2, 0.25) is 0 Å². The maximum Gasteiger partial charge on any atom is 0.258 e. The summed E-state index contributed by atoms with van der Waals surface area (Å²) in [7, 11) is 0. The molecule has 0 aliphatic heterocycles. The molecule has 0 saturated heterocycles. The molecular weight excluding hydrogens is 356 g/mol. The summed E-state index contributed by atoms with van der Waals surface area (Å²) in [4.78, 5) is 15.8. The molecule has 0 unspecified atom stereocenters. The highest BCUT2D eigenvalue weighted by Crippen LogP contribution is 2.27. The van der Waals surface area contributed by atoms with Crippen LogP contribution in [0.5, 0.6) is 5.75 Å². The zero-order valence-electron chi connectivity index (χ0n) is 11.3. The fourth-order valence-electron chi connectivity index (χ4n) is 1.75. The maximum atomic E-state index is 11.9. The van der Waals surface area contributed by atoms with Crippen LogP contribution in [0, 0.1) is 0 Å². The number of hydrogen-bond donors (Lipinski definition) is 1. The minimum atomic E-state index is -0.210. The number of hydrogen-bond acceptors (Lipinski definition) is 3. The highest BCUT2D eigenvalue weighted by molar-refractivity contribution is 9.10. The third-order valence-corrected chi connectivity index (χ3v) is 3.62. The zero-order chi connectivity index (χ0) is 15.2. The Morgan fingerprint density at radius 3 is 2.76 bits per heavy atom. The number of nitrogens with one attached hydrogen (secondary N) is 1. The number of ether oxygens (including phenoxy) is 1. The summed E-state index contributed by atoms with van der Waals surface area (Å²) in [6.45, 7) is 1.82. The van der Waals surface area contributed by atoms with Crippen LogP contribution in [0.3, 0.4) is 0 Å². The van der Waals surface area contributed by atoms with Crippen molar-refractivity contribution in [1.29, 1.82) is 0 Å². The van der Waals surface area contributed by atoms with E-state index in [2.05, 4.69) is 26.2 Å². The Morgan fingerprint density at radius 1 is 1.38 bits per heavy atom. The Morgan fingerprint density at radius 2 is 2.10 bits per heavy atom. The Kier molecular flexibility index (Phi) is 5.59. The molecule has 0 aliphatic rings. The molecule has 0 saturated carbocycles. The van der Waals surface area contributed by atoms with Crippen molar-refractivity contribution in [3.8, 4) is 5.75 Å². The van der Waals surface area contributed by atoms with Gasteiger partial charge in [0.15, 0.2) is 6.61 Å². The van der Waals surface area contributed by atoms with E-state index < -0.39 is 0 Å². The molecule has 21 heavy (non-hydrogen) atoms. The van der Waals surface area contributed by atoms with Gasteiger partial charge in [-0.25, -0.2) is 0 Å². The quantitative estimate of drug-likeness (QED) is 0.873. The molecule has 1 heterocycles. The van der Waals surface area contributed by atoms with E-state index in [-0.39, 0.29) is 18.6 Å². The number of halogens is 2. The first-order valence-corrected chi connectivity index (χ1v) is 7.50. The van der Waals surface area contributed by atoms with Gasteiger partial charge in [-0.2, -0.15) is 0 Å². The van der Waals surface area contributed by atoms with Gasteiger partial charge in [0.05, 0.1) is 11.1 Å². The second kappa shape index (κ2) is 7.43. The van der Waals surface area contributed by atoms with Gasteiger partial charge in [-0.3, -0.25) is 9.78 Å². The standard InChI is InChI=1S/C15H14BrClN2O2/c1-10(11-4-6-18-7-5-11)19-15(20)9-21-14-3-2-12(16)8-13(14)17/h2-8,10H,9H2,1H3,(H,19,20)/t10-/m1/s1. The molecule has 0 aliphatic carbocycles. The first kappa shape index (κ1) is 15.8. The lowest BCUT2D eigenvalue weighted by Gasteiger charge is -2.14. The topological polar surface area (TPSA) is 51.2 Å². The number of rotatable bonds is 5. The predicted octanol–water partition coefficient (Wildman–Crippen LogP) is 3.75. The van der Waals surface area contributed by atoms with Crippen molar-refractivity contribution >= 4 is 33.4 Å². The van der Waals surface area contributed by atoms with Gasteiger partial charge in [0, 0.05) is 16.9 Å². The molecule has 0 fully saturated rings. The number of nitrogens with zero attached hydrogens (tertiary/aromatic N) is 1. The van der Waals surface area contributed by atoms with Crippen LogP contribution < -0.4 is 10.1 Å². The Bertz CT molecular complexity index is 622. The van der Waals surface area contributed by atoms with Crippen molar-refractivity contribution in [3.63, 3.8) is 0 Å². The summed E-state index contributed by atoms with van der Waals surface area (Å²) in [5.41, 5.74) is 0.986. The Labute approximate surface area is 136 Å². The molecular formula is C15H14BrClN2O2. The van der Waals surface area contributed by atoms with Crippen LogP contribution in [-0.2, 0) is 4.79 Å². The molecule has 1 aromatic carbocycles. The lowest BCUT2D eigenvalue weighted by atomic mass is 10.1. The zero-order valence-corrected chi connectivity index (χ0v) is 13.7. The smallest absolute Gasteiger partial charge is 0.258 e. The Hall–Kier alpha value is -1.59. The molecule has 2 aromatic rings. The van der Waals surface area contributed by atoms with E-state index in [0.717, 1.165) is 10.0 Å². The summed E-state index contributed by atoms with van der Waals surface area (Å²) in [5, 5.41) is 3.31. The molecule has 1 amide bonds. The van der Waals surface area contributed by atoms with Crippen molar-refractivity contribution in [1.82, 2.24) is 10.3 Å². The Balaban J connectivity index is 1.87. The van der Waals surface area contributed by atoms with Gasteiger partial charge >= 0.3 is 0 Å². The average molecular weight is 370 g/mol. The van der Waals surface area contributed by atoms with Gasteiger partial charge in [-0.05, 0) is 42.8 Å². The monoisotopic (exact) mass is 368 g/mol. The molecule has 0 bridgehead atoms. The molecule has 0 spiro atoms. The van der Waals surface area contributed by atoms with E-state index in [4.69, 9.17) is 16.3 Å². The molecule has 6 heteroatoms. The minimum Gasteiger partial charge on any atom is -0.482 e. The van der Waals surface area contributed by atoms with E-state index in [0.29, 0.717) is 10.8 Å². The molecule has 1 atom stereocenters. The van der Waals surface area contributed by atoms with Crippen molar-refractivity contribution in [3.05, 3.63) is 57.8 Å². The third-order valence-electron chi connectivity index (χ3n) is 2.84. The predicted molar refractivity (Wildman–Crippen MR) is 85.4 cm³/mol. The van der Waals surface area contributed by atoms with Crippen molar-refractivity contribution < 1.29 is 9.53 Å². The second-order valence-corrected chi connectivity index (χ2v) is 5.76. The van der Waals surface area contributed by atoms with Crippen LogP contribution in [-0.4, -0.2) is 17.5 Å². The van der Waals surface area contributed by atoms with E-state index in [9.17, 15) is 4.79 Å². The number of amides is 1. The summed E-state index contributed by atoms with van der Waals surface area (Å²) >= 11 is 9.33. The lowest BCUT2D eigenvalue weighted by molar-refractivity contribution is -0.123. The maximum absolute atomic E-state index is 11.9. The first-order valence-electron chi connectivity index (χ1n) is 6.33. The number of carbonyl (C=O) groups excluding carboxylic acids is 1. The van der Waals surface area contributed by atoms with Crippen LogP contribution in [0.1, 0.15) is 18.5 Å². The first-order chi connectivity index (χ1) is 10.1. The van der Waals surface area contributed by atoms with E-state index in [1.165, 1.54) is 0 Å². The normalized spacial score (nSPS) is 11.8. The van der Waals surface area contributed by atoms with Crippen molar-refractivity contribution in [2.24, 2.45) is 0 Å². The molecule has 1 aromatic heterocycles.